The van der Waals surface area contributed by atoms with Crippen molar-refractivity contribution in [3.05, 3.63) is 35.5 Å². The topological polar surface area (TPSA) is 136 Å². The Kier molecular flexibility index (Phi) is 7.77. The number of aryl methyl sites for hydroxylation is 1. The third-order valence-corrected chi connectivity index (χ3v) is 5.31. The van der Waals surface area contributed by atoms with Crippen LogP contribution in [-0.2, 0) is 20.8 Å². The summed E-state index contributed by atoms with van der Waals surface area (Å²) in [5, 5.41) is 9.36. The Morgan fingerprint density at radius 1 is 1.06 bits per heavy atom. The molecule has 1 aliphatic rings. The molecule has 0 bridgehead atoms. The number of hydrogen-bond donors (Lipinski definition) is 2. The van der Waals surface area contributed by atoms with Gasteiger partial charge in [-0.3, -0.25) is 14.4 Å². The van der Waals surface area contributed by atoms with Crippen molar-refractivity contribution in [2.24, 2.45) is 15.9 Å². The second-order valence-corrected chi connectivity index (χ2v) is 7.70. The van der Waals surface area contributed by atoms with Crippen LogP contribution in [0.15, 0.2) is 34.3 Å². The van der Waals surface area contributed by atoms with Gasteiger partial charge < -0.3 is 20.1 Å². The van der Waals surface area contributed by atoms with Gasteiger partial charge in [0.1, 0.15) is 5.82 Å². The normalized spacial score (nSPS) is 15.3. The number of methoxy groups -OCH3 is 2. The summed E-state index contributed by atoms with van der Waals surface area (Å²) in [5.41, 5.74) is 2.09. The molecule has 0 saturated heterocycles. The number of rotatable bonds is 7. The monoisotopic (exact) mass is 468 g/mol. The van der Waals surface area contributed by atoms with Gasteiger partial charge in [-0.25, -0.2) is 4.99 Å². The minimum atomic E-state index is -0.872. The maximum atomic E-state index is 12.5. The van der Waals surface area contributed by atoms with E-state index < -0.39 is 11.8 Å². The number of benzene rings is 1. The molecule has 0 radical (unpaired) electrons. The van der Waals surface area contributed by atoms with Gasteiger partial charge in [0.25, 0.3) is 11.9 Å². The lowest BCUT2D eigenvalue weighted by Gasteiger charge is -2.17. The molecule has 1 atom stereocenters. The van der Waals surface area contributed by atoms with Crippen LogP contribution in [0, 0.1) is 12.8 Å². The minimum Gasteiger partial charge on any atom is -0.493 e. The van der Waals surface area contributed by atoms with Gasteiger partial charge in [0.15, 0.2) is 11.5 Å². The summed E-state index contributed by atoms with van der Waals surface area (Å²) in [4.78, 5) is 45.5. The standard InChI is InChI=1S/C23H28N6O5/c1-6-16-14(3)25-23(27-20(16)30)29-19(11-13(2)28-29)26-22(32)21(31)24-10-9-15-7-8-17(33-4)18(12-15)34-5/h7-8,11-12,16H,6,9-10H2,1-5H3,(H,24,31)(H,26,32). The van der Waals surface area contributed by atoms with E-state index in [1.165, 1.54) is 4.68 Å². The lowest BCUT2D eigenvalue weighted by Crippen LogP contribution is -2.37. The molecule has 0 spiro atoms. The van der Waals surface area contributed by atoms with Gasteiger partial charge in [0, 0.05) is 18.3 Å². The summed E-state index contributed by atoms with van der Waals surface area (Å²) in [6, 6.07) is 7.01. The maximum Gasteiger partial charge on any atom is 0.314 e. The van der Waals surface area contributed by atoms with Crippen LogP contribution in [0.1, 0.15) is 31.5 Å². The molecule has 0 aliphatic carbocycles. The van der Waals surface area contributed by atoms with Crippen molar-refractivity contribution in [1.29, 1.82) is 0 Å². The van der Waals surface area contributed by atoms with Crippen LogP contribution >= 0.6 is 0 Å². The number of aliphatic imine (C=N–C) groups is 2. The quantitative estimate of drug-likeness (QED) is 0.594. The Hall–Kier alpha value is -4.02. The minimum absolute atomic E-state index is 0.0458. The molecule has 0 saturated carbocycles. The molecule has 1 aromatic heterocycles. The van der Waals surface area contributed by atoms with Crippen molar-refractivity contribution in [3.63, 3.8) is 0 Å². The number of nitrogens with one attached hydrogen (secondary N) is 2. The third-order valence-electron chi connectivity index (χ3n) is 5.31. The molecular formula is C23H28N6O5. The van der Waals surface area contributed by atoms with Crippen LogP contribution in [0.5, 0.6) is 11.5 Å². The zero-order chi connectivity index (χ0) is 24.8. The predicted molar refractivity (Wildman–Crippen MR) is 127 cm³/mol. The number of amides is 3. The number of hydrogen-bond acceptors (Lipinski definition) is 7. The van der Waals surface area contributed by atoms with Gasteiger partial charge in [0.05, 0.1) is 25.8 Å². The number of carbonyl (C=O) groups is 3. The zero-order valence-corrected chi connectivity index (χ0v) is 19.8. The van der Waals surface area contributed by atoms with Gasteiger partial charge in [-0.1, -0.05) is 13.0 Å². The fourth-order valence-electron chi connectivity index (χ4n) is 3.53. The lowest BCUT2D eigenvalue weighted by atomic mass is 10.00. The molecular weight excluding hydrogens is 440 g/mol. The first-order chi connectivity index (χ1) is 16.3. The molecule has 11 nitrogen and oxygen atoms in total. The molecule has 3 rings (SSSR count). The van der Waals surface area contributed by atoms with Crippen molar-refractivity contribution >= 4 is 35.2 Å². The molecule has 1 aromatic carbocycles. The van der Waals surface area contributed by atoms with E-state index in [9.17, 15) is 14.4 Å². The SMILES string of the molecule is CCC1C(=O)N=C(n2nc(C)cc2NC(=O)C(=O)NCCc2ccc(OC)c(OC)c2)N=C1C. The van der Waals surface area contributed by atoms with E-state index in [4.69, 9.17) is 9.47 Å². The molecule has 2 aromatic rings. The van der Waals surface area contributed by atoms with E-state index in [2.05, 4.69) is 25.7 Å². The second-order valence-electron chi connectivity index (χ2n) is 7.70. The molecule has 0 fully saturated rings. The third kappa shape index (κ3) is 5.48. The predicted octanol–water partition coefficient (Wildman–Crippen LogP) is 1.74. The largest absolute Gasteiger partial charge is 0.493 e. The zero-order valence-electron chi connectivity index (χ0n) is 19.8. The summed E-state index contributed by atoms with van der Waals surface area (Å²) < 4.78 is 11.7. The van der Waals surface area contributed by atoms with Gasteiger partial charge in [-0.05, 0) is 44.4 Å². The first-order valence-electron chi connectivity index (χ1n) is 10.8. The van der Waals surface area contributed by atoms with E-state index in [1.807, 2.05) is 19.1 Å². The number of ether oxygens (including phenoxy) is 2. The highest BCUT2D eigenvalue weighted by molar-refractivity contribution is 6.39. The van der Waals surface area contributed by atoms with E-state index >= 15 is 0 Å². The molecule has 1 unspecified atom stereocenters. The summed E-state index contributed by atoms with van der Waals surface area (Å²) in [6.07, 6.45) is 1.08. The van der Waals surface area contributed by atoms with Crippen LogP contribution in [0.2, 0.25) is 0 Å². The van der Waals surface area contributed by atoms with Crippen LogP contribution in [-0.4, -0.2) is 59.9 Å². The molecule has 3 amide bonds. The number of nitrogens with zero attached hydrogens (tertiary/aromatic N) is 4. The van der Waals surface area contributed by atoms with E-state index in [0.717, 1.165) is 5.56 Å². The van der Waals surface area contributed by atoms with Gasteiger partial charge in [0.2, 0.25) is 0 Å². The summed E-state index contributed by atoms with van der Waals surface area (Å²) in [6.45, 7) is 5.59. The molecule has 2 heterocycles. The lowest BCUT2D eigenvalue weighted by molar-refractivity contribution is -0.136. The van der Waals surface area contributed by atoms with Crippen molar-refractivity contribution in [1.82, 2.24) is 15.1 Å². The highest BCUT2D eigenvalue weighted by Gasteiger charge is 2.27. The van der Waals surface area contributed by atoms with Crippen molar-refractivity contribution in [2.75, 3.05) is 26.1 Å². The number of aromatic nitrogens is 2. The maximum absolute atomic E-state index is 12.5. The first kappa shape index (κ1) is 24.6. The average Bonchev–Trinajstić information content (AvgIpc) is 3.18. The highest BCUT2D eigenvalue weighted by atomic mass is 16.5. The van der Waals surface area contributed by atoms with Crippen molar-refractivity contribution in [3.8, 4) is 11.5 Å². The fourth-order valence-corrected chi connectivity index (χ4v) is 3.53. The van der Waals surface area contributed by atoms with Gasteiger partial charge >= 0.3 is 11.8 Å². The van der Waals surface area contributed by atoms with Crippen molar-refractivity contribution < 1.29 is 23.9 Å². The molecule has 1 aliphatic heterocycles. The van der Waals surface area contributed by atoms with Crippen molar-refractivity contribution in [2.45, 2.75) is 33.6 Å². The Balaban J connectivity index is 1.63. The van der Waals surface area contributed by atoms with E-state index in [-0.39, 0.29) is 30.1 Å². The second kappa shape index (κ2) is 10.7. The molecule has 2 N–H and O–H groups in total. The molecule has 11 heteroatoms. The molecule has 34 heavy (non-hydrogen) atoms. The Bertz CT molecular complexity index is 1170. The summed E-state index contributed by atoms with van der Waals surface area (Å²) in [7, 11) is 3.10. The van der Waals surface area contributed by atoms with Crippen LogP contribution in [0.25, 0.3) is 0 Å². The Morgan fingerprint density at radius 2 is 1.79 bits per heavy atom. The van der Waals surface area contributed by atoms with Crippen LogP contribution in [0.4, 0.5) is 5.82 Å². The van der Waals surface area contributed by atoms with Gasteiger partial charge in [-0.15, -0.1) is 0 Å². The van der Waals surface area contributed by atoms with E-state index in [1.54, 1.807) is 40.2 Å². The highest BCUT2D eigenvalue weighted by Crippen LogP contribution is 2.27. The van der Waals surface area contributed by atoms with Crippen LogP contribution < -0.4 is 20.1 Å². The number of anilines is 1. The fraction of sp³-hybridized carbons (Fsp3) is 0.391. The first-order valence-corrected chi connectivity index (χ1v) is 10.8. The van der Waals surface area contributed by atoms with Gasteiger partial charge in [-0.2, -0.15) is 14.8 Å². The summed E-state index contributed by atoms with van der Waals surface area (Å²) >= 11 is 0. The smallest absolute Gasteiger partial charge is 0.314 e. The summed E-state index contributed by atoms with van der Waals surface area (Å²) in [5.74, 6) is -0.935. The molecule has 180 valence electrons. The van der Waals surface area contributed by atoms with E-state index in [0.29, 0.717) is 35.7 Å². The number of carbonyl (C=O) groups excluding carboxylic acids is 3. The average molecular weight is 469 g/mol. The van der Waals surface area contributed by atoms with Crippen LogP contribution in [0.3, 0.4) is 0 Å². The Labute approximate surface area is 197 Å². The Morgan fingerprint density at radius 3 is 2.44 bits per heavy atom.